The van der Waals surface area contributed by atoms with Gasteiger partial charge in [-0.3, -0.25) is 13.9 Å². The second kappa shape index (κ2) is 8.90. The van der Waals surface area contributed by atoms with Gasteiger partial charge < -0.3 is 10.2 Å². The fraction of sp³-hybridized carbons (Fsp3) is 0.280. The maximum absolute atomic E-state index is 12.9. The van der Waals surface area contributed by atoms with Crippen LogP contribution in [0.1, 0.15) is 24.8 Å². The maximum Gasteiger partial charge on any atom is 0.332 e. The van der Waals surface area contributed by atoms with Gasteiger partial charge in [0.15, 0.2) is 0 Å². The third-order valence-electron chi connectivity index (χ3n) is 6.02. The predicted molar refractivity (Wildman–Crippen MR) is 128 cm³/mol. The minimum absolute atomic E-state index is 0.103. The van der Waals surface area contributed by atoms with Crippen LogP contribution >= 0.6 is 0 Å². The summed E-state index contributed by atoms with van der Waals surface area (Å²) in [6.45, 7) is 4.15. The first-order valence-electron chi connectivity index (χ1n) is 11.2. The molecule has 8 nitrogen and oxygen atoms in total. The standard InChI is InChI=1S/C25H26N6O2/c1-18-5-2-6-19(15-18)28-24-21-9-8-20(16-22(21)26-17-27-24)31-14-13-30(25(31)33)12-4-11-29-10-3-7-23(29)32/h2,5-6,8-9,13-17H,3-4,7,10-12H2,1H3,(H,26,27,28). The maximum atomic E-state index is 12.9. The minimum Gasteiger partial charge on any atom is -0.343 e. The van der Waals surface area contributed by atoms with Crippen LogP contribution < -0.4 is 11.0 Å². The van der Waals surface area contributed by atoms with E-state index < -0.39 is 0 Å². The molecule has 0 spiro atoms. The summed E-state index contributed by atoms with van der Waals surface area (Å²) in [6, 6.07) is 13.8. The highest BCUT2D eigenvalue weighted by molar-refractivity contribution is 5.91. The van der Waals surface area contributed by atoms with Crippen LogP contribution in [0.2, 0.25) is 0 Å². The second-order valence-electron chi connectivity index (χ2n) is 8.40. The summed E-state index contributed by atoms with van der Waals surface area (Å²) in [7, 11) is 0. The number of nitrogens with one attached hydrogen (secondary N) is 1. The van der Waals surface area contributed by atoms with Gasteiger partial charge in [-0.15, -0.1) is 0 Å². The van der Waals surface area contributed by atoms with Crippen LogP contribution in [0, 0.1) is 6.92 Å². The van der Waals surface area contributed by atoms with Gasteiger partial charge >= 0.3 is 5.69 Å². The molecule has 0 unspecified atom stereocenters. The number of hydrogen-bond acceptors (Lipinski definition) is 5. The van der Waals surface area contributed by atoms with Crippen LogP contribution in [0.3, 0.4) is 0 Å². The molecule has 8 heteroatoms. The van der Waals surface area contributed by atoms with E-state index in [1.807, 2.05) is 48.2 Å². The molecule has 0 radical (unpaired) electrons. The van der Waals surface area contributed by atoms with E-state index in [1.165, 1.54) is 6.33 Å². The summed E-state index contributed by atoms with van der Waals surface area (Å²) in [5.41, 5.74) is 3.53. The number of carbonyl (C=O) groups is 1. The lowest BCUT2D eigenvalue weighted by molar-refractivity contribution is -0.127. The fourth-order valence-corrected chi connectivity index (χ4v) is 4.31. The first-order valence-corrected chi connectivity index (χ1v) is 11.2. The number of likely N-dealkylation sites (tertiary alicyclic amines) is 1. The molecule has 1 N–H and O–H groups in total. The zero-order chi connectivity index (χ0) is 22.8. The normalized spacial score (nSPS) is 13.7. The zero-order valence-corrected chi connectivity index (χ0v) is 18.6. The van der Waals surface area contributed by atoms with Crippen molar-refractivity contribution >= 4 is 28.3 Å². The number of amides is 1. The molecule has 4 aromatic rings. The zero-order valence-electron chi connectivity index (χ0n) is 18.6. The number of imidazole rings is 1. The van der Waals surface area contributed by atoms with Crippen LogP contribution in [0.15, 0.2) is 66.0 Å². The Labute approximate surface area is 191 Å². The molecule has 1 saturated heterocycles. The van der Waals surface area contributed by atoms with Crippen LogP contribution in [-0.2, 0) is 11.3 Å². The Bertz CT molecular complexity index is 1370. The molecule has 2 aromatic heterocycles. The van der Waals surface area contributed by atoms with E-state index in [-0.39, 0.29) is 11.6 Å². The lowest BCUT2D eigenvalue weighted by atomic mass is 10.2. The number of rotatable bonds is 7. The van der Waals surface area contributed by atoms with Gasteiger partial charge in [0.2, 0.25) is 5.91 Å². The molecule has 1 aliphatic rings. The highest BCUT2D eigenvalue weighted by atomic mass is 16.2. The first-order chi connectivity index (χ1) is 16.1. The third-order valence-corrected chi connectivity index (χ3v) is 6.02. The number of aromatic nitrogens is 4. The Hall–Kier alpha value is -3.94. The molecule has 33 heavy (non-hydrogen) atoms. The number of benzene rings is 2. The van der Waals surface area contributed by atoms with Gasteiger partial charge in [-0.2, -0.15) is 0 Å². The van der Waals surface area contributed by atoms with Crippen molar-refractivity contribution in [1.82, 2.24) is 24.0 Å². The third kappa shape index (κ3) is 4.37. The smallest absolute Gasteiger partial charge is 0.332 e. The van der Waals surface area contributed by atoms with Gasteiger partial charge in [-0.05, 0) is 55.7 Å². The number of hydrogen-bond donors (Lipinski definition) is 1. The van der Waals surface area contributed by atoms with E-state index in [4.69, 9.17) is 0 Å². The van der Waals surface area contributed by atoms with Crippen molar-refractivity contribution in [3.8, 4) is 5.69 Å². The topological polar surface area (TPSA) is 85.1 Å². The average Bonchev–Trinajstić information content (AvgIpc) is 3.39. The van der Waals surface area contributed by atoms with Gasteiger partial charge in [0, 0.05) is 49.5 Å². The SMILES string of the molecule is Cc1cccc(Nc2ncnc3cc(-n4ccn(CCCN5CCCC5=O)c4=O)ccc23)c1. The van der Waals surface area contributed by atoms with E-state index in [0.717, 1.165) is 53.0 Å². The number of fused-ring (bicyclic) bond motifs is 1. The summed E-state index contributed by atoms with van der Waals surface area (Å²) in [4.78, 5) is 35.4. The van der Waals surface area contributed by atoms with Crippen molar-refractivity contribution in [3.63, 3.8) is 0 Å². The number of nitrogens with zero attached hydrogens (tertiary/aromatic N) is 5. The Balaban J connectivity index is 1.35. The predicted octanol–water partition coefficient (Wildman–Crippen LogP) is 3.65. The van der Waals surface area contributed by atoms with Crippen molar-refractivity contribution in [1.29, 1.82) is 0 Å². The molecule has 2 aromatic carbocycles. The summed E-state index contributed by atoms with van der Waals surface area (Å²) >= 11 is 0. The highest BCUT2D eigenvalue weighted by Crippen LogP contribution is 2.25. The minimum atomic E-state index is -0.103. The Morgan fingerprint density at radius 3 is 2.76 bits per heavy atom. The van der Waals surface area contributed by atoms with Gasteiger partial charge in [0.1, 0.15) is 12.1 Å². The second-order valence-corrected chi connectivity index (χ2v) is 8.40. The molecule has 168 valence electrons. The van der Waals surface area contributed by atoms with Crippen molar-refractivity contribution in [2.24, 2.45) is 0 Å². The molecule has 0 atom stereocenters. The molecule has 0 saturated carbocycles. The average molecular weight is 443 g/mol. The van der Waals surface area contributed by atoms with E-state index in [0.29, 0.717) is 19.5 Å². The van der Waals surface area contributed by atoms with Gasteiger partial charge in [-0.25, -0.2) is 14.8 Å². The van der Waals surface area contributed by atoms with Gasteiger partial charge in [-0.1, -0.05) is 12.1 Å². The summed E-state index contributed by atoms with van der Waals surface area (Å²) in [5.74, 6) is 0.938. The quantitative estimate of drug-likeness (QED) is 0.472. The van der Waals surface area contributed by atoms with Crippen molar-refractivity contribution in [3.05, 3.63) is 77.2 Å². The van der Waals surface area contributed by atoms with E-state index >= 15 is 0 Å². The van der Waals surface area contributed by atoms with Crippen LogP contribution in [0.5, 0.6) is 0 Å². The Kier molecular flexibility index (Phi) is 5.64. The fourth-order valence-electron chi connectivity index (χ4n) is 4.31. The van der Waals surface area contributed by atoms with Crippen molar-refractivity contribution in [2.75, 3.05) is 18.4 Å². The Morgan fingerprint density at radius 1 is 1.03 bits per heavy atom. The van der Waals surface area contributed by atoms with E-state index in [9.17, 15) is 9.59 Å². The molecular formula is C25H26N6O2. The monoisotopic (exact) mass is 442 g/mol. The van der Waals surface area contributed by atoms with Crippen molar-refractivity contribution in [2.45, 2.75) is 32.7 Å². The van der Waals surface area contributed by atoms with E-state index in [2.05, 4.69) is 21.4 Å². The molecule has 5 rings (SSSR count). The van der Waals surface area contributed by atoms with Crippen LogP contribution in [0.25, 0.3) is 16.6 Å². The molecule has 1 fully saturated rings. The van der Waals surface area contributed by atoms with Gasteiger partial charge in [0.25, 0.3) is 0 Å². The first kappa shape index (κ1) is 20.9. The summed E-state index contributed by atoms with van der Waals surface area (Å²) in [5, 5.41) is 4.24. The van der Waals surface area contributed by atoms with E-state index in [1.54, 1.807) is 21.5 Å². The summed E-state index contributed by atoms with van der Waals surface area (Å²) in [6.07, 6.45) is 7.43. The van der Waals surface area contributed by atoms with Crippen LogP contribution in [0.4, 0.5) is 11.5 Å². The van der Waals surface area contributed by atoms with Crippen LogP contribution in [-0.4, -0.2) is 43.0 Å². The van der Waals surface area contributed by atoms with Crippen molar-refractivity contribution < 1.29 is 4.79 Å². The Morgan fingerprint density at radius 2 is 1.94 bits per heavy atom. The molecular weight excluding hydrogens is 416 g/mol. The molecule has 1 aliphatic heterocycles. The lowest BCUT2D eigenvalue weighted by Gasteiger charge is -2.14. The summed E-state index contributed by atoms with van der Waals surface area (Å²) < 4.78 is 3.31. The molecule has 3 heterocycles. The number of carbonyl (C=O) groups excluding carboxylic acids is 1. The molecule has 0 aliphatic carbocycles. The number of anilines is 2. The number of aryl methyl sites for hydroxylation is 2. The largest absolute Gasteiger partial charge is 0.343 e. The molecule has 0 bridgehead atoms. The lowest BCUT2D eigenvalue weighted by Crippen LogP contribution is -2.28. The van der Waals surface area contributed by atoms with Gasteiger partial charge in [0.05, 0.1) is 11.2 Å². The highest BCUT2D eigenvalue weighted by Gasteiger charge is 2.19. The molecule has 1 amide bonds.